The number of hydrogen-bond acceptors (Lipinski definition) is 6. The summed E-state index contributed by atoms with van der Waals surface area (Å²) in [6.45, 7) is 6.33. The molecule has 3 fully saturated rings. The molecule has 5 atom stereocenters. The SMILES string of the molecule is [CH]c1cccc([N+]2(C(C(=O)N3C[C@H](Cl)C4OCC(=O)[C@H]43)C3CCCCC3)C=NN=N2)c1. The van der Waals surface area contributed by atoms with Crippen molar-refractivity contribution in [1.29, 1.82) is 0 Å². The van der Waals surface area contributed by atoms with Crippen molar-refractivity contribution in [3.05, 3.63) is 36.8 Å². The van der Waals surface area contributed by atoms with Gasteiger partial charge in [-0.2, -0.15) is 0 Å². The molecule has 3 aliphatic heterocycles. The zero-order valence-electron chi connectivity index (χ0n) is 17.1. The van der Waals surface area contributed by atoms with Crippen LogP contribution in [0.5, 0.6) is 0 Å². The molecule has 0 aromatic heterocycles. The average Bonchev–Trinajstić information content (AvgIpc) is 3.48. The first-order valence-corrected chi connectivity index (χ1v) is 11.2. The number of halogens is 1. The van der Waals surface area contributed by atoms with E-state index >= 15 is 0 Å². The van der Waals surface area contributed by atoms with Gasteiger partial charge in [0.1, 0.15) is 18.8 Å². The lowest BCUT2D eigenvalue weighted by Crippen LogP contribution is -2.62. The Bertz CT molecular complexity index is 933. The van der Waals surface area contributed by atoms with Crippen molar-refractivity contribution in [2.24, 2.45) is 21.5 Å². The minimum absolute atomic E-state index is 0.00713. The van der Waals surface area contributed by atoms with E-state index in [9.17, 15) is 9.59 Å². The zero-order chi connectivity index (χ0) is 21.6. The van der Waals surface area contributed by atoms with Crippen LogP contribution in [-0.2, 0) is 14.3 Å². The number of carbonyl (C=O) groups excluding carboxylic acids is 2. The summed E-state index contributed by atoms with van der Waals surface area (Å²) in [4.78, 5) is 28.4. The maximum Gasteiger partial charge on any atom is 0.285 e. The first-order valence-electron chi connectivity index (χ1n) is 10.8. The Morgan fingerprint density at radius 3 is 2.81 bits per heavy atom. The van der Waals surface area contributed by atoms with Gasteiger partial charge in [-0.05, 0) is 25.3 Å². The molecule has 1 aliphatic carbocycles. The number of nitrogens with zero attached hydrogens (tertiary/aromatic N) is 5. The van der Waals surface area contributed by atoms with Crippen molar-refractivity contribution >= 4 is 35.3 Å². The van der Waals surface area contributed by atoms with Crippen LogP contribution in [0, 0.1) is 12.8 Å². The number of amides is 1. The van der Waals surface area contributed by atoms with Crippen LogP contribution in [0.4, 0.5) is 5.69 Å². The number of likely N-dealkylation sites (tertiary alicyclic amines) is 1. The van der Waals surface area contributed by atoms with Crippen molar-refractivity contribution in [1.82, 2.24) is 9.49 Å². The summed E-state index contributed by atoms with van der Waals surface area (Å²) < 4.78 is 5.42. The van der Waals surface area contributed by atoms with Crippen LogP contribution >= 0.6 is 11.6 Å². The standard InChI is InChI=1S/C22H25ClN5O3/c1-14-6-5-9-16(10-14)28(13-24-25-26-28)20(15-7-3-2-4-8-15)22(30)27-11-17(23)21-19(27)18(29)12-31-21/h1,5-6,9-10,13,15,17,19-21H,2-4,7-8,11-12H2/q+1/t17-,19+,20?,21?,28?/m0/s1. The van der Waals surface area contributed by atoms with E-state index in [1.165, 1.54) is 0 Å². The molecule has 2 saturated heterocycles. The number of benzene rings is 1. The normalized spacial score (nSPS) is 33.8. The highest BCUT2D eigenvalue weighted by Crippen LogP contribution is 2.41. The predicted octanol–water partition coefficient (Wildman–Crippen LogP) is 3.11. The summed E-state index contributed by atoms with van der Waals surface area (Å²) in [6, 6.07) is 6.08. The minimum Gasteiger partial charge on any atom is -0.366 e. The van der Waals surface area contributed by atoms with Crippen LogP contribution in [0.2, 0.25) is 0 Å². The van der Waals surface area contributed by atoms with Crippen molar-refractivity contribution in [2.75, 3.05) is 13.2 Å². The molecule has 2 radical (unpaired) electrons. The van der Waals surface area contributed by atoms with Crippen molar-refractivity contribution < 1.29 is 14.3 Å². The second kappa shape index (κ2) is 8.07. The van der Waals surface area contributed by atoms with Crippen LogP contribution in [0.1, 0.15) is 37.7 Å². The molecule has 1 saturated carbocycles. The smallest absolute Gasteiger partial charge is 0.285 e. The van der Waals surface area contributed by atoms with E-state index in [0.29, 0.717) is 5.56 Å². The molecular weight excluding hydrogens is 418 g/mol. The van der Waals surface area contributed by atoms with Crippen LogP contribution < -0.4 is 4.59 Å². The van der Waals surface area contributed by atoms with E-state index in [1.54, 1.807) is 23.4 Å². The molecular formula is C22H25ClN5O3+. The average molecular weight is 443 g/mol. The van der Waals surface area contributed by atoms with Gasteiger partial charge in [-0.15, -0.1) is 11.6 Å². The molecule has 0 N–H and O–H groups in total. The van der Waals surface area contributed by atoms with Gasteiger partial charge in [0, 0.05) is 29.8 Å². The Hall–Kier alpha value is -2.16. The van der Waals surface area contributed by atoms with Crippen LogP contribution in [-0.4, -0.2) is 59.6 Å². The lowest BCUT2D eigenvalue weighted by Gasteiger charge is -2.39. The highest BCUT2D eigenvalue weighted by molar-refractivity contribution is 6.22. The molecule has 1 amide bonds. The maximum absolute atomic E-state index is 14.2. The minimum atomic E-state index is -0.640. The van der Waals surface area contributed by atoms with Gasteiger partial charge in [-0.3, -0.25) is 9.59 Å². The van der Waals surface area contributed by atoms with E-state index in [0.717, 1.165) is 37.8 Å². The van der Waals surface area contributed by atoms with Crippen molar-refractivity contribution in [3.8, 4) is 0 Å². The molecule has 3 heterocycles. The van der Waals surface area contributed by atoms with Gasteiger partial charge in [-0.1, -0.05) is 41.1 Å². The highest BCUT2D eigenvalue weighted by atomic mass is 35.5. The van der Waals surface area contributed by atoms with Gasteiger partial charge in [0.05, 0.1) is 10.6 Å². The van der Waals surface area contributed by atoms with Crippen molar-refractivity contribution in [3.63, 3.8) is 0 Å². The molecule has 3 unspecified atom stereocenters. The molecule has 0 bridgehead atoms. The number of ketones is 1. The number of ether oxygens (including phenoxy) is 1. The Morgan fingerprint density at radius 2 is 2.10 bits per heavy atom. The van der Waals surface area contributed by atoms with E-state index < -0.39 is 23.6 Å². The molecule has 1 aromatic rings. The van der Waals surface area contributed by atoms with E-state index in [1.807, 2.05) is 12.1 Å². The number of hydrogen-bond donors (Lipinski definition) is 0. The lowest BCUT2D eigenvalue weighted by molar-refractivity contribution is -0.141. The summed E-state index contributed by atoms with van der Waals surface area (Å²) >= 11 is 6.48. The lowest BCUT2D eigenvalue weighted by atomic mass is 9.82. The van der Waals surface area contributed by atoms with Gasteiger partial charge in [0.2, 0.25) is 12.4 Å². The fraction of sp³-hybridized carbons (Fsp3) is 0.545. The monoisotopic (exact) mass is 442 g/mol. The third-order valence-corrected chi connectivity index (χ3v) is 7.32. The summed E-state index contributed by atoms with van der Waals surface area (Å²) in [5, 5.41) is 12.0. The van der Waals surface area contributed by atoms with Gasteiger partial charge in [-0.25, -0.2) is 0 Å². The molecule has 31 heavy (non-hydrogen) atoms. The van der Waals surface area contributed by atoms with E-state index in [4.69, 9.17) is 23.3 Å². The maximum atomic E-state index is 14.2. The topological polar surface area (TPSA) is 83.7 Å². The summed E-state index contributed by atoms with van der Waals surface area (Å²) in [7, 11) is 0. The molecule has 8 nitrogen and oxygen atoms in total. The second-order valence-electron chi connectivity index (χ2n) is 8.78. The first-order chi connectivity index (χ1) is 15.0. The number of fused-ring (bicyclic) bond motifs is 1. The van der Waals surface area contributed by atoms with Gasteiger partial charge < -0.3 is 9.64 Å². The van der Waals surface area contributed by atoms with Gasteiger partial charge >= 0.3 is 0 Å². The molecule has 4 aliphatic rings. The Kier molecular flexibility index (Phi) is 5.40. The van der Waals surface area contributed by atoms with Crippen LogP contribution in [0.25, 0.3) is 0 Å². The molecule has 5 rings (SSSR count). The number of alkyl halides is 1. The Labute approximate surface area is 186 Å². The molecule has 0 spiro atoms. The van der Waals surface area contributed by atoms with E-state index in [2.05, 4.69) is 15.5 Å². The first kappa shape index (κ1) is 20.7. The summed E-state index contributed by atoms with van der Waals surface area (Å²) in [6.07, 6.45) is 6.19. The summed E-state index contributed by atoms with van der Waals surface area (Å²) in [5.41, 5.74) is 1.29. The number of Topliss-reactive ketones (excluding diaryl/α,β-unsaturated/α-hetero) is 1. The fourth-order valence-corrected chi connectivity index (χ4v) is 5.86. The predicted molar refractivity (Wildman–Crippen MR) is 115 cm³/mol. The van der Waals surface area contributed by atoms with Crippen LogP contribution in [0.15, 0.2) is 39.8 Å². The highest BCUT2D eigenvalue weighted by Gasteiger charge is 2.58. The zero-order valence-corrected chi connectivity index (χ0v) is 17.9. The molecule has 1 aromatic carbocycles. The summed E-state index contributed by atoms with van der Waals surface area (Å²) in [5.74, 6) is -0.189. The molecule has 9 heteroatoms. The number of carbonyl (C=O) groups is 2. The van der Waals surface area contributed by atoms with Gasteiger partial charge in [0.25, 0.3) is 5.91 Å². The van der Waals surface area contributed by atoms with Crippen LogP contribution in [0.3, 0.4) is 0 Å². The number of rotatable bonds is 4. The second-order valence-corrected chi connectivity index (χ2v) is 9.34. The van der Waals surface area contributed by atoms with Crippen molar-refractivity contribution in [2.45, 2.75) is 55.7 Å². The Morgan fingerprint density at radius 1 is 1.29 bits per heavy atom. The Balaban J connectivity index is 1.59. The molecule has 162 valence electrons. The number of quaternary nitrogens is 1. The third-order valence-electron chi connectivity index (χ3n) is 6.93. The fourth-order valence-electron chi connectivity index (χ4n) is 5.50. The quantitative estimate of drug-likeness (QED) is 0.530. The van der Waals surface area contributed by atoms with E-state index in [-0.39, 0.29) is 35.4 Å². The third kappa shape index (κ3) is 3.41. The van der Waals surface area contributed by atoms with Gasteiger partial charge in [0.15, 0.2) is 11.5 Å². The largest absolute Gasteiger partial charge is 0.366 e.